The lowest BCUT2D eigenvalue weighted by atomic mass is 9.93. The van der Waals surface area contributed by atoms with Gasteiger partial charge in [0.05, 0.1) is 16.3 Å². The second kappa shape index (κ2) is 4.13. The lowest BCUT2D eigenvalue weighted by Gasteiger charge is -2.37. The molecule has 5 heteroatoms. The fourth-order valence-electron chi connectivity index (χ4n) is 4.41. The van der Waals surface area contributed by atoms with Gasteiger partial charge in [-0.15, -0.1) is 0 Å². The summed E-state index contributed by atoms with van der Waals surface area (Å²) < 4.78 is 23.9. The summed E-state index contributed by atoms with van der Waals surface area (Å²) in [5.41, 5.74) is 1.89. The molecule has 108 valence electrons. The van der Waals surface area contributed by atoms with Crippen LogP contribution in [0.5, 0.6) is 0 Å². The Morgan fingerprint density at radius 3 is 2.95 bits per heavy atom. The summed E-state index contributed by atoms with van der Waals surface area (Å²) in [4.78, 5) is 2.89. The number of hydrogen-bond donors (Lipinski definition) is 1. The molecular weight excluding hydrogens is 272 g/mol. The Morgan fingerprint density at radius 1 is 1.30 bits per heavy atom. The van der Waals surface area contributed by atoms with E-state index in [-0.39, 0.29) is 0 Å². The Balaban J connectivity index is 1.80. The zero-order valence-electron chi connectivity index (χ0n) is 11.7. The topological polar surface area (TPSA) is 49.4 Å². The van der Waals surface area contributed by atoms with Gasteiger partial charge >= 0.3 is 0 Å². The molecule has 1 aromatic carbocycles. The Kier molecular flexibility index (Phi) is 2.58. The van der Waals surface area contributed by atoms with E-state index in [4.69, 9.17) is 0 Å². The summed E-state index contributed by atoms with van der Waals surface area (Å²) in [6.45, 7) is 1.97. The van der Waals surface area contributed by atoms with Gasteiger partial charge in [-0.05, 0) is 36.8 Å². The smallest absolute Gasteiger partial charge is 0.177 e. The molecule has 2 fully saturated rings. The van der Waals surface area contributed by atoms with E-state index in [0.717, 1.165) is 36.3 Å². The number of benzene rings is 1. The first-order chi connectivity index (χ1) is 9.55. The number of para-hydroxylation sites is 1. The number of hydrogen-bond acceptors (Lipinski definition) is 4. The van der Waals surface area contributed by atoms with E-state index in [9.17, 15) is 8.42 Å². The van der Waals surface area contributed by atoms with Crippen LogP contribution in [0.4, 0.5) is 11.4 Å². The summed E-state index contributed by atoms with van der Waals surface area (Å²) in [6, 6.07) is 6.18. The highest BCUT2D eigenvalue weighted by atomic mass is 32.2. The van der Waals surface area contributed by atoms with Crippen molar-refractivity contribution in [3.8, 4) is 0 Å². The SMILES string of the molecule is CS(=O)(=O)c1cccc2c1NCC1C3CCCC3CN21. The predicted octanol–water partition coefficient (Wildman–Crippen LogP) is 2.12. The second-order valence-electron chi connectivity index (χ2n) is 6.38. The molecule has 0 spiro atoms. The number of nitrogens with one attached hydrogen (secondary N) is 1. The maximum atomic E-state index is 11.9. The summed E-state index contributed by atoms with van der Waals surface area (Å²) >= 11 is 0. The first kappa shape index (κ1) is 12.5. The molecule has 1 saturated carbocycles. The van der Waals surface area contributed by atoms with Crippen molar-refractivity contribution in [2.45, 2.75) is 30.2 Å². The zero-order valence-corrected chi connectivity index (χ0v) is 12.5. The van der Waals surface area contributed by atoms with E-state index >= 15 is 0 Å². The molecule has 1 aromatic rings. The van der Waals surface area contributed by atoms with Gasteiger partial charge in [0.1, 0.15) is 0 Å². The summed E-state index contributed by atoms with van der Waals surface area (Å²) in [5.74, 6) is 1.59. The van der Waals surface area contributed by atoms with E-state index in [1.54, 1.807) is 6.07 Å². The molecular formula is C15H20N2O2S. The van der Waals surface area contributed by atoms with Crippen molar-refractivity contribution >= 4 is 21.2 Å². The predicted molar refractivity (Wildman–Crippen MR) is 80.0 cm³/mol. The minimum absolute atomic E-state index is 0.436. The van der Waals surface area contributed by atoms with Gasteiger partial charge in [0.25, 0.3) is 0 Å². The van der Waals surface area contributed by atoms with E-state index in [2.05, 4.69) is 16.3 Å². The molecule has 3 aliphatic rings. The number of anilines is 2. The van der Waals surface area contributed by atoms with Gasteiger partial charge in [-0.1, -0.05) is 12.5 Å². The zero-order chi connectivity index (χ0) is 13.9. The third-order valence-corrected chi connectivity index (χ3v) is 6.38. The number of nitrogens with zero attached hydrogens (tertiary/aromatic N) is 1. The average Bonchev–Trinajstić information content (AvgIpc) is 2.96. The number of sulfone groups is 1. The van der Waals surface area contributed by atoms with Crippen molar-refractivity contribution in [1.29, 1.82) is 0 Å². The van der Waals surface area contributed by atoms with Crippen LogP contribution in [0.1, 0.15) is 19.3 Å². The van der Waals surface area contributed by atoms with Crippen LogP contribution in [0.15, 0.2) is 23.1 Å². The van der Waals surface area contributed by atoms with Crippen LogP contribution in [0.25, 0.3) is 0 Å². The first-order valence-corrected chi connectivity index (χ1v) is 9.28. The largest absolute Gasteiger partial charge is 0.380 e. The molecule has 2 heterocycles. The van der Waals surface area contributed by atoms with Crippen LogP contribution in [-0.2, 0) is 9.84 Å². The van der Waals surface area contributed by atoms with Crippen molar-refractivity contribution in [2.24, 2.45) is 11.8 Å². The molecule has 0 bridgehead atoms. The van der Waals surface area contributed by atoms with E-state index in [1.807, 2.05) is 6.07 Å². The molecule has 4 rings (SSSR count). The molecule has 1 saturated heterocycles. The fraction of sp³-hybridized carbons (Fsp3) is 0.600. The van der Waals surface area contributed by atoms with Crippen LogP contribution < -0.4 is 10.2 Å². The van der Waals surface area contributed by atoms with Gasteiger partial charge in [0.15, 0.2) is 9.84 Å². The van der Waals surface area contributed by atoms with Gasteiger partial charge in [-0.3, -0.25) is 0 Å². The second-order valence-corrected chi connectivity index (χ2v) is 8.36. The quantitative estimate of drug-likeness (QED) is 0.861. The van der Waals surface area contributed by atoms with Crippen LogP contribution >= 0.6 is 0 Å². The van der Waals surface area contributed by atoms with Crippen molar-refractivity contribution < 1.29 is 8.42 Å². The van der Waals surface area contributed by atoms with E-state index in [1.165, 1.54) is 25.5 Å². The average molecular weight is 292 g/mol. The maximum absolute atomic E-state index is 11.9. The minimum Gasteiger partial charge on any atom is -0.380 e. The summed E-state index contributed by atoms with van der Waals surface area (Å²) in [5, 5.41) is 3.40. The third-order valence-electron chi connectivity index (χ3n) is 5.24. The molecule has 0 aromatic heterocycles. The van der Waals surface area contributed by atoms with Gasteiger partial charge in [-0.25, -0.2) is 8.42 Å². The molecule has 3 atom stereocenters. The highest BCUT2D eigenvalue weighted by Gasteiger charge is 2.46. The number of rotatable bonds is 1. The lowest BCUT2D eigenvalue weighted by Crippen LogP contribution is -2.42. The van der Waals surface area contributed by atoms with Crippen molar-refractivity contribution in [1.82, 2.24) is 0 Å². The van der Waals surface area contributed by atoms with E-state index < -0.39 is 9.84 Å². The van der Waals surface area contributed by atoms with Crippen molar-refractivity contribution in [2.75, 3.05) is 29.6 Å². The number of fused-ring (bicyclic) bond motifs is 5. The van der Waals surface area contributed by atoms with Gasteiger partial charge in [-0.2, -0.15) is 0 Å². The van der Waals surface area contributed by atoms with Gasteiger partial charge in [0, 0.05) is 25.4 Å². The van der Waals surface area contributed by atoms with Gasteiger partial charge < -0.3 is 10.2 Å². The van der Waals surface area contributed by atoms with Crippen LogP contribution in [-0.4, -0.2) is 33.8 Å². The van der Waals surface area contributed by atoms with E-state index in [0.29, 0.717) is 10.9 Å². The Labute approximate surface area is 120 Å². The van der Waals surface area contributed by atoms with Crippen molar-refractivity contribution in [3.05, 3.63) is 18.2 Å². The highest BCUT2D eigenvalue weighted by molar-refractivity contribution is 7.90. The monoisotopic (exact) mass is 292 g/mol. The Hall–Kier alpha value is -1.23. The molecule has 0 amide bonds. The highest BCUT2D eigenvalue weighted by Crippen LogP contribution is 2.48. The molecule has 4 nitrogen and oxygen atoms in total. The lowest BCUT2D eigenvalue weighted by molar-refractivity contribution is 0.429. The summed E-state index contributed by atoms with van der Waals surface area (Å²) in [7, 11) is -3.18. The van der Waals surface area contributed by atoms with Crippen LogP contribution in [0.2, 0.25) is 0 Å². The molecule has 2 aliphatic heterocycles. The normalized spacial score (nSPS) is 31.4. The Morgan fingerprint density at radius 2 is 2.15 bits per heavy atom. The molecule has 1 aliphatic carbocycles. The molecule has 1 N–H and O–H groups in total. The van der Waals surface area contributed by atoms with Gasteiger partial charge in [0.2, 0.25) is 0 Å². The Bertz CT molecular complexity index is 656. The van der Waals surface area contributed by atoms with Crippen LogP contribution in [0.3, 0.4) is 0 Å². The minimum atomic E-state index is -3.18. The fourth-order valence-corrected chi connectivity index (χ4v) is 5.28. The third kappa shape index (κ3) is 1.68. The van der Waals surface area contributed by atoms with Crippen molar-refractivity contribution in [3.63, 3.8) is 0 Å². The van der Waals surface area contributed by atoms with Crippen LogP contribution in [0, 0.1) is 11.8 Å². The maximum Gasteiger partial charge on any atom is 0.177 e. The standard InChI is InChI=1S/C15H20N2O2S/c1-20(18,19)14-7-3-6-12-15(14)16-8-13-11-5-2-4-10(11)9-17(12)13/h3,6-7,10-11,13,16H,2,4-5,8-9H2,1H3. The molecule has 0 radical (unpaired) electrons. The molecule has 3 unspecified atom stereocenters. The molecule has 20 heavy (non-hydrogen) atoms. The summed E-state index contributed by atoms with van der Waals surface area (Å²) in [6.07, 6.45) is 5.30. The first-order valence-electron chi connectivity index (χ1n) is 7.39.